The van der Waals surface area contributed by atoms with Crippen molar-refractivity contribution < 1.29 is 0 Å². The molecule has 0 aliphatic heterocycles. The largest absolute Gasteiger partial charge is 0.309 e. The molecule has 0 aromatic carbocycles. The molecule has 1 aromatic heterocycles. The monoisotopic (exact) mass is 252 g/mol. The van der Waals surface area contributed by atoms with E-state index in [2.05, 4.69) is 30.3 Å². The summed E-state index contributed by atoms with van der Waals surface area (Å²) in [6, 6.07) is 0.534. The second kappa shape index (κ2) is 6.50. The Bertz CT molecular complexity index is 329. The average Bonchev–Trinajstić information content (AvgIpc) is 2.95. The maximum atomic E-state index is 4.38. The van der Waals surface area contributed by atoms with Crippen LogP contribution >= 0.6 is 11.3 Å². The van der Waals surface area contributed by atoms with Crippen molar-refractivity contribution >= 4 is 11.3 Å². The zero-order valence-corrected chi connectivity index (χ0v) is 11.9. The highest BCUT2D eigenvalue weighted by atomic mass is 32.1. The second-order valence-electron chi connectivity index (χ2n) is 5.12. The Hall–Kier alpha value is -0.410. The standard InChI is InChI=1S/C14H24N2S/c1-3-15-13(14-10-16-11(2)17-14)9-8-12-6-4-5-7-12/h10,12-13,15H,3-9H2,1-2H3. The summed E-state index contributed by atoms with van der Waals surface area (Å²) in [4.78, 5) is 5.80. The average molecular weight is 252 g/mol. The van der Waals surface area contributed by atoms with Crippen molar-refractivity contribution in [2.75, 3.05) is 6.54 Å². The molecule has 1 atom stereocenters. The van der Waals surface area contributed by atoms with E-state index < -0.39 is 0 Å². The molecule has 17 heavy (non-hydrogen) atoms. The highest BCUT2D eigenvalue weighted by Crippen LogP contribution is 2.32. The van der Waals surface area contributed by atoms with Crippen LogP contribution in [-0.4, -0.2) is 11.5 Å². The Morgan fingerprint density at radius 2 is 2.24 bits per heavy atom. The molecule has 96 valence electrons. The smallest absolute Gasteiger partial charge is 0.0897 e. The number of hydrogen-bond donors (Lipinski definition) is 1. The van der Waals surface area contributed by atoms with Gasteiger partial charge in [-0.05, 0) is 32.2 Å². The van der Waals surface area contributed by atoms with Gasteiger partial charge in [-0.25, -0.2) is 4.98 Å². The maximum Gasteiger partial charge on any atom is 0.0897 e. The van der Waals surface area contributed by atoms with Gasteiger partial charge in [0.05, 0.1) is 5.01 Å². The van der Waals surface area contributed by atoms with E-state index in [-0.39, 0.29) is 0 Å². The summed E-state index contributed by atoms with van der Waals surface area (Å²) >= 11 is 1.84. The zero-order chi connectivity index (χ0) is 12.1. The fourth-order valence-corrected chi connectivity index (χ4v) is 3.73. The van der Waals surface area contributed by atoms with Gasteiger partial charge in [-0.15, -0.1) is 11.3 Å². The van der Waals surface area contributed by atoms with E-state index in [9.17, 15) is 0 Å². The van der Waals surface area contributed by atoms with Crippen LogP contribution in [0.1, 0.15) is 61.4 Å². The summed E-state index contributed by atoms with van der Waals surface area (Å²) in [6.07, 6.45) is 10.5. The number of thiazole rings is 1. The fourth-order valence-electron chi connectivity index (χ4n) is 2.83. The van der Waals surface area contributed by atoms with Gasteiger partial charge in [-0.3, -0.25) is 0 Å². The molecular formula is C14H24N2S. The summed E-state index contributed by atoms with van der Waals surface area (Å²) in [5, 5.41) is 4.79. The van der Waals surface area contributed by atoms with E-state index in [4.69, 9.17) is 0 Å². The van der Waals surface area contributed by atoms with Crippen LogP contribution in [0.25, 0.3) is 0 Å². The third-order valence-corrected chi connectivity index (χ3v) is 4.80. The van der Waals surface area contributed by atoms with Gasteiger partial charge in [0.25, 0.3) is 0 Å². The summed E-state index contributed by atoms with van der Waals surface area (Å²) in [5.41, 5.74) is 0. The van der Waals surface area contributed by atoms with E-state index in [1.54, 1.807) is 0 Å². The molecule has 1 aliphatic rings. The van der Waals surface area contributed by atoms with Gasteiger partial charge >= 0.3 is 0 Å². The molecule has 1 heterocycles. The first-order chi connectivity index (χ1) is 8.29. The maximum absolute atomic E-state index is 4.38. The van der Waals surface area contributed by atoms with Crippen LogP contribution in [-0.2, 0) is 0 Å². The van der Waals surface area contributed by atoms with Crippen LogP contribution in [0.2, 0.25) is 0 Å². The minimum absolute atomic E-state index is 0.534. The highest BCUT2D eigenvalue weighted by Gasteiger charge is 2.19. The molecule has 3 heteroatoms. The molecule has 0 amide bonds. The summed E-state index contributed by atoms with van der Waals surface area (Å²) in [5.74, 6) is 0.991. The molecule has 0 saturated heterocycles. The first-order valence-corrected chi connectivity index (χ1v) is 7.77. The van der Waals surface area contributed by atoms with Crippen LogP contribution in [0, 0.1) is 12.8 Å². The number of nitrogens with one attached hydrogen (secondary N) is 1. The van der Waals surface area contributed by atoms with E-state index in [0.29, 0.717) is 6.04 Å². The second-order valence-corrected chi connectivity index (χ2v) is 6.39. The Morgan fingerprint density at radius 3 is 2.82 bits per heavy atom. The predicted octanol–water partition coefficient (Wildman–Crippen LogP) is 4.07. The van der Waals surface area contributed by atoms with Gasteiger partial charge in [0.1, 0.15) is 0 Å². The van der Waals surface area contributed by atoms with Crippen LogP contribution in [0.15, 0.2) is 6.20 Å². The van der Waals surface area contributed by atoms with Gasteiger partial charge in [0, 0.05) is 17.1 Å². The van der Waals surface area contributed by atoms with Crippen molar-refractivity contribution in [1.29, 1.82) is 0 Å². The van der Waals surface area contributed by atoms with Crippen LogP contribution in [0.3, 0.4) is 0 Å². The van der Waals surface area contributed by atoms with E-state index in [0.717, 1.165) is 12.5 Å². The molecule has 1 aliphatic carbocycles. The molecule has 1 fully saturated rings. The third kappa shape index (κ3) is 3.78. The molecule has 1 saturated carbocycles. The van der Waals surface area contributed by atoms with Crippen molar-refractivity contribution in [2.24, 2.45) is 5.92 Å². The summed E-state index contributed by atoms with van der Waals surface area (Å²) in [7, 11) is 0. The quantitative estimate of drug-likeness (QED) is 0.825. The fraction of sp³-hybridized carbons (Fsp3) is 0.786. The normalized spacial score (nSPS) is 18.7. The molecule has 0 radical (unpaired) electrons. The topological polar surface area (TPSA) is 24.9 Å². The van der Waals surface area contributed by atoms with Crippen LogP contribution in [0.4, 0.5) is 0 Å². The van der Waals surface area contributed by atoms with Crippen molar-refractivity contribution in [3.63, 3.8) is 0 Å². The lowest BCUT2D eigenvalue weighted by Crippen LogP contribution is -2.20. The molecule has 2 nitrogen and oxygen atoms in total. The highest BCUT2D eigenvalue weighted by molar-refractivity contribution is 7.11. The number of aryl methyl sites for hydroxylation is 1. The molecular weight excluding hydrogens is 228 g/mol. The van der Waals surface area contributed by atoms with E-state index >= 15 is 0 Å². The SMILES string of the molecule is CCNC(CCC1CCCC1)c1cnc(C)s1. The van der Waals surface area contributed by atoms with Gasteiger partial charge in [-0.2, -0.15) is 0 Å². The van der Waals surface area contributed by atoms with Crippen molar-refractivity contribution in [1.82, 2.24) is 10.3 Å². The number of hydrogen-bond acceptors (Lipinski definition) is 3. The Morgan fingerprint density at radius 1 is 1.47 bits per heavy atom. The van der Waals surface area contributed by atoms with Crippen molar-refractivity contribution in [3.05, 3.63) is 16.1 Å². The van der Waals surface area contributed by atoms with Gasteiger partial charge in [0.2, 0.25) is 0 Å². The van der Waals surface area contributed by atoms with E-state index in [1.165, 1.54) is 48.4 Å². The van der Waals surface area contributed by atoms with Crippen LogP contribution < -0.4 is 5.32 Å². The predicted molar refractivity (Wildman–Crippen MR) is 74.5 cm³/mol. The lowest BCUT2D eigenvalue weighted by Gasteiger charge is -2.18. The number of nitrogens with zero attached hydrogens (tertiary/aromatic N) is 1. The minimum atomic E-state index is 0.534. The van der Waals surface area contributed by atoms with Crippen LogP contribution in [0.5, 0.6) is 0 Å². The van der Waals surface area contributed by atoms with Gasteiger partial charge in [0.15, 0.2) is 0 Å². The first-order valence-electron chi connectivity index (χ1n) is 6.95. The lowest BCUT2D eigenvalue weighted by atomic mass is 9.98. The molecule has 2 rings (SSSR count). The van der Waals surface area contributed by atoms with Gasteiger partial charge in [-0.1, -0.05) is 32.6 Å². The van der Waals surface area contributed by atoms with Crippen molar-refractivity contribution in [3.8, 4) is 0 Å². The molecule has 1 N–H and O–H groups in total. The Labute approximate surface area is 109 Å². The molecule has 0 spiro atoms. The van der Waals surface area contributed by atoms with Crippen molar-refractivity contribution in [2.45, 2.75) is 58.4 Å². The number of aromatic nitrogens is 1. The third-order valence-electron chi connectivity index (χ3n) is 3.77. The minimum Gasteiger partial charge on any atom is -0.309 e. The zero-order valence-electron chi connectivity index (χ0n) is 11.0. The Balaban J connectivity index is 1.87. The van der Waals surface area contributed by atoms with Gasteiger partial charge < -0.3 is 5.32 Å². The molecule has 1 unspecified atom stereocenters. The number of rotatable bonds is 6. The molecule has 1 aromatic rings. The summed E-state index contributed by atoms with van der Waals surface area (Å²) < 4.78 is 0. The summed E-state index contributed by atoms with van der Waals surface area (Å²) in [6.45, 7) is 5.33. The molecule has 0 bridgehead atoms. The first kappa shape index (κ1) is 13.0. The Kier molecular flexibility index (Phi) is 4.99. The lowest BCUT2D eigenvalue weighted by molar-refractivity contribution is 0.420. The van der Waals surface area contributed by atoms with E-state index in [1.807, 2.05) is 11.3 Å².